The Hall–Kier alpha value is -3.16. The second-order valence-corrected chi connectivity index (χ2v) is 7.62. The maximum Gasteiger partial charge on any atom is 0.273 e. The van der Waals surface area contributed by atoms with Gasteiger partial charge >= 0.3 is 0 Å². The molecule has 2 aromatic heterocycles. The van der Waals surface area contributed by atoms with Gasteiger partial charge < -0.3 is 15.2 Å². The minimum atomic E-state index is -0.200. The number of rotatable bonds is 5. The Morgan fingerprint density at radius 2 is 2.03 bits per heavy atom. The summed E-state index contributed by atoms with van der Waals surface area (Å²) in [6.07, 6.45) is 3.37. The molecule has 152 valence electrons. The van der Waals surface area contributed by atoms with Crippen molar-refractivity contribution in [2.24, 2.45) is 5.92 Å². The molecule has 1 unspecified atom stereocenters. The van der Waals surface area contributed by atoms with Crippen LogP contribution in [0.15, 0.2) is 36.5 Å². The zero-order valence-corrected chi connectivity index (χ0v) is 16.8. The Bertz CT molecular complexity index is 982. The van der Waals surface area contributed by atoms with Gasteiger partial charge in [-0.2, -0.15) is 0 Å². The van der Waals surface area contributed by atoms with Crippen molar-refractivity contribution >= 4 is 22.7 Å². The van der Waals surface area contributed by atoms with E-state index >= 15 is 0 Å². The van der Waals surface area contributed by atoms with Crippen LogP contribution in [0.25, 0.3) is 10.9 Å². The maximum atomic E-state index is 12.8. The number of carbonyl (C=O) groups is 2. The molecule has 1 saturated heterocycles. The number of likely N-dealkylation sites (tertiary alicyclic amines) is 1. The van der Waals surface area contributed by atoms with Gasteiger partial charge in [0.05, 0.1) is 6.20 Å². The molecule has 0 saturated carbocycles. The molecular formula is C21H26N6O2. The van der Waals surface area contributed by atoms with Crippen molar-refractivity contribution in [1.82, 2.24) is 30.2 Å². The average molecular weight is 394 g/mol. The zero-order chi connectivity index (χ0) is 20.4. The minimum absolute atomic E-state index is 0.0135. The van der Waals surface area contributed by atoms with Crippen molar-refractivity contribution in [3.8, 4) is 0 Å². The predicted molar refractivity (Wildman–Crippen MR) is 110 cm³/mol. The van der Waals surface area contributed by atoms with E-state index in [1.54, 1.807) is 10.9 Å². The van der Waals surface area contributed by atoms with Crippen LogP contribution < -0.4 is 5.32 Å². The number of aromatic nitrogens is 4. The minimum Gasteiger partial charge on any atom is -0.351 e. The van der Waals surface area contributed by atoms with Gasteiger partial charge in [0, 0.05) is 36.6 Å². The predicted octanol–water partition coefficient (Wildman–Crippen LogP) is 2.45. The molecule has 0 spiro atoms. The molecule has 2 amide bonds. The highest BCUT2D eigenvalue weighted by molar-refractivity contribution is 5.98. The summed E-state index contributed by atoms with van der Waals surface area (Å²) in [5, 5.41) is 11.9. The first-order valence-electron chi connectivity index (χ1n) is 10.1. The normalized spacial score (nSPS) is 16.1. The number of nitrogens with zero attached hydrogens (tertiary/aromatic N) is 4. The molecule has 29 heavy (non-hydrogen) atoms. The Balaban J connectivity index is 1.32. The van der Waals surface area contributed by atoms with Gasteiger partial charge in [-0.1, -0.05) is 23.4 Å². The molecule has 4 rings (SSSR count). The molecule has 8 heteroatoms. The quantitative estimate of drug-likeness (QED) is 0.695. The van der Waals surface area contributed by atoms with Crippen molar-refractivity contribution < 1.29 is 9.59 Å². The number of fused-ring (bicyclic) bond motifs is 1. The van der Waals surface area contributed by atoms with Crippen LogP contribution in [-0.4, -0.2) is 55.8 Å². The van der Waals surface area contributed by atoms with E-state index < -0.39 is 0 Å². The fourth-order valence-corrected chi connectivity index (χ4v) is 3.92. The van der Waals surface area contributed by atoms with Crippen LogP contribution in [-0.2, 0) is 6.54 Å². The van der Waals surface area contributed by atoms with Crippen molar-refractivity contribution in [2.45, 2.75) is 39.3 Å². The maximum absolute atomic E-state index is 12.8. The second-order valence-electron chi connectivity index (χ2n) is 7.62. The van der Waals surface area contributed by atoms with Gasteiger partial charge in [0.1, 0.15) is 5.69 Å². The van der Waals surface area contributed by atoms with Crippen molar-refractivity contribution in [3.05, 3.63) is 47.9 Å². The first-order valence-corrected chi connectivity index (χ1v) is 10.1. The van der Waals surface area contributed by atoms with Crippen LogP contribution in [0.4, 0.5) is 0 Å². The van der Waals surface area contributed by atoms with E-state index in [1.165, 1.54) is 0 Å². The van der Waals surface area contributed by atoms with E-state index in [4.69, 9.17) is 0 Å². The number of H-pyrrole nitrogens is 1. The highest BCUT2D eigenvalue weighted by atomic mass is 16.2. The number of hydrogen-bond acceptors (Lipinski definition) is 4. The average Bonchev–Trinajstić information content (AvgIpc) is 3.40. The van der Waals surface area contributed by atoms with Gasteiger partial charge in [-0.25, -0.2) is 0 Å². The van der Waals surface area contributed by atoms with Crippen molar-refractivity contribution in [3.63, 3.8) is 0 Å². The van der Waals surface area contributed by atoms with E-state index in [0.717, 1.165) is 23.7 Å². The summed E-state index contributed by atoms with van der Waals surface area (Å²) >= 11 is 0. The van der Waals surface area contributed by atoms with Gasteiger partial charge in [-0.05, 0) is 44.7 Å². The third kappa shape index (κ3) is 4.01. The number of amides is 2. The highest BCUT2D eigenvalue weighted by Gasteiger charge is 2.28. The summed E-state index contributed by atoms with van der Waals surface area (Å²) in [6, 6.07) is 9.82. The van der Waals surface area contributed by atoms with Crippen LogP contribution in [0, 0.1) is 5.92 Å². The lowest BCUT2D eigenvalue weighted by atomic mass is 9.90. The first-order chi connectivity index (χ1) is 14.0. The molecule has 0 radical (unpaired) electrons. The molecule has 2 N–H and O–H groups in total. The van der Waals surface area contributed by atoms with Gasteiger partial charge in [0.15, 0.2) is 5.69 Å². The fourth-order valence-electron chi connectivity index (χ4n) is 3.92. The molecule has 1 fully saturated rings. The lowest BCUT2D eigenvalue weighted by Crippen LogP contribution is -2.45. The van der Waals surface area contributed by atoms with E-state index in [1.807, 2.05) is 49.1 Å². The molecular weight excluding hydrogens is 368 g/mol. The molecule has 1 aromatic carbocycles. The molecule has 1 aliphatic rings. The monoisotopic (exact) mass is 394 g/mol. The second kappa shape index (κ2) is 8.06. The van der Waals surface area contributed by atoms with Crippen LogP contribution in [0.5, 0.6) is 0 Å². The number of aromatic amines is 1. The number of carbonyl (C=O) groups excluding carboxylic acids is 2. The topological polar surface area (TPSA) is 95.9 Å². The van der Waals surface area contributed by atoms with Crippen LogP contribution in [0.3, 0.4) is 0 Å². The highest BCUT2D eigenvalue weighted by Crippen LogP contribution is 2.23. The SMILES string of the molecule is CCn1cc(C(=O)NC(C)C2CCN(C(=O)c3cc4ccccc4[nH]3)CC2)nn1. The molecule has 1 atom stereocenters. The van der Waals surface area contributed by atoms with Crippen molar-refractivity contribution in [2.75, 3.05) is 13.1 Å². The van der Waals surface area contributed by atoms with Gasteiger partial charge in [-0.15, -0.1) is 5.10 Å². The molecule has 0 bridgehead atoms. The molecule has 3 aromatic rings. The number of para-hydroxylation sites is 1. The Morgan fingerprint density at radius 3 is 2.72 bits per heavy atom. The lowest BCUT2D eigenvalue weighted by Gasteiger charge is -2.34. The largest absolute Gasteiger partial charge is 0.351 e. The molecule has 1 aliphatic heterocycles. The number of piperidine rings is 1. The number of benzene rings is 1. The fraction of sp³-hybridized carbons (Fsp3) is 0.429. The van der Waals surface area contributed by atoms with E-state index in [-0.39, 0.29) is 17.9 Å². The summed E-state index contributed by atoms with van der Waals surface area (Å²) in [7, 11) is 0. The summed E-state index contributed by atoms with van der Waals surface area (Å²) in [4.78, 5) is 30.3. The third-order valence-corrected chi connectivity index (χ3v) is 5.75. The standard InChI is InChI=1S/C21H26N6O2/c1-3-27-13-19(24-25-27)20(28)22-14(2)15-8-10-26(11-9-15)21(29)18-12-16-6-4-5-7-17(16)23-18/h4-7,12-15,23H,3,8-11H2,1-2H3,(H,22,28). The van der Waals surface area contributed by atoms with Crippen LogP contribution in [0.2, 0.25) is 0 Å². The van der Waals surface area contributed by atoms with Crippen LogP contribution in [0.1, 0.15) is 47.7 Å². The summed E-state index contributed by atoms with van der Waals surface area (Å²) in [5.74, 6) is 0.160. The van der Waals surface area contributed by atoms with Gasteiger partial charge in [0.2, 0.25) is 0 Å². The summed E-state index contributed by atoms with van der Waals surface area (Å²) < 4.78 is 1.63. The number of hydrogen-bond donors (Lipinski definition) is 2. The van der Waals surface area contributed by atoms with Crippen LogP contribution >= 0.6 is 0 Å². The van der Waals surface area contributed by atoms with E-state index in [9.17, 15) is 9.59 Å². The molecule has 0 aliphatic carbocycles. The lowest BCUT2D eigenvalue weighted by molar-refractivity contribution is 0.0658. The number of nitrogens with one attached hydrogen (secondary N) is 2. The van der Waals surface area contributed by atoms with Gasteiger partial charge in [-0.3, -0.25) is 14.3 Å². The van der Waals surface area contributed by atoms with E-state index in [0.29, 0.717) is 36.9 Å². The smallest absolute Gasteiger partial charge is 0.273 e. The summed E-state index contributed by atoms with van der Waals surface area (Å²) in [5.41, 5.74) is 1.94. The summed E-state index contributed by atoms with van der Waals surface area (Å²) in [6.45, 7) is 6.01. The number of aryl methyl sites for hydroxylation is 1. The van der Waals surface area contributed by atoms with E-state index in [2.05, 4.69) is 20.6 Å². The van der Waals surface area contributed by atoms with Gasteiger partial charge in [0.25, 0.3) is 11.8 Å². The zero-order valence-electron chi connectivity index (χ0n) is 16.8. The third-order valence-electron chi connectivity index (χ3n) is 5.75. The Morgan fingerprint density at radius 1 is 1.28 bits per heavy atom. The Kier molecular flexibility index (Phi) is 5.33. The molecule has 8 nitrogen and oxygen atoms in total. The van der Waals surface area contributed by atoms with Crippen molar-refractivity contribution in [1.29, 1.82) is 0 Å². The molecule has 3 heterocycles. The Labute approximate surface area is 169 Å². The first kappa shape index (κ1) is 19.2.